The molecule has 0 saturated heterocycles. The van der Waals surface area contributed by atoms with Crippen LogP contribution in [-0.4, -0.2) is 24.9 Å². The molecule has 1 aromatic carbocycles. The van der Waals surface area contributed by atoms with Crippen molar-refractivity contribution in [3.05, 3.63) is 35.4 Å². The van der Waals surface area contributed by atoms with Crippen LogP contribution in [0.5, 0.6) is 0 Å². The van der Waals surface area contributed by atoms with E-state index in [9.17, 15) is 0 Å². The summed E-state index contributed by atoms with van der Waals surface area (Å²) in [7, 11) is 1.97. The molecule has 2 nitrogen and oxygen atoms in total. The van der Waals surface area contributed by atoms with Gasteiger partial charge in [0.25, 0.3) is 0 Å². The van der Waals surface area contributed by atoms with Gasteiger partial charge in [0.1, 0.15) is 13.8 Å². The number of hydrogen-bond acceptors (Lipinski definition) is 1. The minimum Gasteiger partial charge on any atom is -0.385 e. The van der Waals surface area contributed by atoms with Gasteiger partial charge in [-0.15, -0.1) is 0 Å². The predicted octanol–water partition coefficient (Wildman–Crippen LogP) is 3.64. The molecule has 0 bridgehead atoms. The fourth-order valence-corrected chi connectivity index (χ4v) is 2.22. The van der Waals surface area contributed by atoms with Gasteiger partial charge in [0.15, 0.2) is 0 Å². The molecular weight excluding hydrogens is 220 g/mol. The molecule has 0 amide bonds. The molecule has 0 aliphatic rings. The molecular formula is C16H25N2+. The average molecular weight is 245 g/mol. The Morgan fingerprint density at radius 1 is 1.33 bits per heavy atom. The Morgan fingerprint density at radius 3 is 2.56 bits per heavy atom. The first-order valence-corrected chi connectivity index (χ1v) is 6.56. The zero-order valence-electron chi connectivity index (χ0n) is 12.1. The average Bonchev–Trinajstić information content (AvgIpc) is 2.28. The number of nitrogens with one attached hydrogen (secondary N) is 1. The van der Waals surface area contributed by atoms with Crippen molar-refractivity contribution in [2.75, 3.05) is 13.6 Å². The van der Waals surface area contributed by atoms with Crippen LogP contribution in [-0.2, 0) is 0 Å². The van der Waals surface area contributed by atoms with E-state index in [0.717, 1.165) is 17.9 Å². The summed E-state index contributed by atoms with van der Waals surface area (Å²) < 4.78 is 1.90. The standard InChI is InChI=1S/C16H25N2/c1-7-8-11-17-14(4)16-12(2)9-10-15(13(16)3)18(5)6/h9-10,17H,4-5,7-8,11H2,1-3,6H3/q+1. The Morgan fingerprint density at radius 2 is 2.00 bits per heavy atom. The third kappa shape index (κ3) is 3.22. The topological polar surface area (TPSA) is 15.0 Å². The lowest BCUT2D eigenvalue weighted by atomic mass is 9.98. The Bertz CT molecular complexity index is 458. The number of rotatable bonds is 6. The summed E-state index contributed by atoms with van der Waals surface area (Å²) in [5, 5.41) is 3.41. The number of aryl methyl sites for hydroxylation is 1. The maximum Gasteiger partial charge on any atom is 0.208 e. The number of benzene rings is 1. The van der Waals surface area contributed by atoms with Gasteiger partial charge in [-0.2, -0.15) is 0 Å². The normalized spacial score (nSPS) is 10.2. The first kappa shape index (κ1) is 14.5. The van der Waals surface area contributed by atoms with Crippen LogP contribution in [0.3, 0.4) is 0 Å². The van der Waals surface area contributed by atoms with Gasteiger partial charge >= 0.3 is 0 Å². The minimum absolute atomic E-state index is 0.985. The van der Waals surface area contributed by atoms with Crippen molar-refractivity contribution in [3.63, 3.8) is 0 Å². The predicted molar refractivity (Wildman–Crippen MR) is 80.8 cm³/mol. The summed E-state index contributed by atoms with van der Waals surface area (Å²) in [6, 6.07) is 4.24. The quantitative estimate of drug-likeness (QED) is 0.459. The lowest BCUT2D eigenvalue weighted by Gasteiger charge is -2.15. The van der Waals surface area contributed by atoms with E-state index in [1.807, 2.05) is 11.6 Å². The summed E-state index contributed by atoms with van der Waals surface area (Å²) in [5.41, 5.74) is 5.88. The highest BCUT2D eigenvalue weighted by Crippen LogP contribution is 2.27. The second kappa shape index (κ2) is 6.39. The van der Waals surface area contributed by atoms with Crippen molar-refractivity contribution in [3.8, 4) is 0 Å². The van der Waals surface area contributed by atoms with Crippen molar-refractivity contribution < 1.29 is 4.58 Å². The fourth-order valence-electron chi connectivity index (χ4n) is 2.22. The maximum absolute atomic E-state index is 4.17. The van der Waals surface area contributed by atoms with Crippen LogP contribution in [0.2, 0.25) is 0 Å². The van der Waals surface area contributed by atoms with E-state index in [1.54, 1.807) is 0 Å². The molecule has 1 aromatic rings. The highest BCUT2D eigenvalue weighted by atomic mass is 14.9. The summed E-state index contributed by atoms with van der Waals surface area (Å²) >= 11 is 0. The Hall–Kier alpha value is -1.57. The lowest BCUT2D eigenvalue weighted by Crippen LogP contribution is -2.15. The van der Waals surface area contributed by atoms with E-state index in [-0.39, 0.29) is 0 Å². The van der Waals surface area contributed by atoms with E-state index in [2.05, 4.69) is 51.5 Å². The summed E-state index contributed by atoms with van der Waals surface area (Å²) in [4.78, 5) is 0. The minimum atomic E-state index is 0.985. The van der Waals surface area contributed by atoms with Gasteiger partial charge in [0, 0.05) is 29.4 Å². The first-order valence-electron chi connectivity index (χ1n) is 6.56. The van der Waals surface area contributed by atoms with E-state index < -0.39 is 0 Å². The van der Waals surface area contributed by atoms with Crippen molar-refractivity contribution in [2.45, 2.75) is 33.6 Å². The van der Waals surface area contributed by atoms with Gasteiger partial charge in [-0.05, 0) is 25.8 Å². The fraction of sp³-hybridized carbons (Fsp3) is 0.438. The summed E-state index contributed by atoms with van der Waals surface area (Å²) in [5.74, 6) is 0. The van der Waals surface area contributed by atoms with Crippen LogP contribution < -0.4 is 5.32 Å². The zero-order chi connectivity index (χ0) is 13.7. The molecule has 18 heavy (non-hydrogen) atoms. The Kier molecular flexibility index (Phi) is 5.14. The van der Waals surface area contributed by atoms with Gasteiger partial charge in [-0.1, -0.05) is 26.0 Å². The molecule has 0 radical (unpaired) electrons. The largest absolute Gasteiger partial charge is 0.385 e. The van der Waals surface area contributed by atoms with Crippen LogP contribution in [0.15, 0.2) is 18.7 Å². The van der Waals surface area contributed by atoms with Gasteiger partial charge < -0.3 is 5.32 Å². The zero-order valence-corrected chi connectivity index (χ0v) is 12.1. The van der Waals surface area contributed by atoms with Crippen molar-refractivity contribution >= 4 is 18.1 Å². The second-order valence-corrected chi connectivity index (χ2v) is 4.86. The second-order valence-electron chi connectivity index (χ2n) is 4.86. The lowest BCUT2D eigenvalue weighted by molar-refractivity contribution is -0.395. The van der Waals surface area contributed by atoms with Gasteiger partial charge in [-0.3, -0.25) is 0 Å². The van der Waals surface area contributed by atoms with Crippen molar-refractivity contribution in [1.82, 2.24) is 5.32 Å². The number of hydrogen-bond donors (Lipinski definition) is 1. The van der Waals surface area contributed by atoms with Gasteiger partial charge in [-0.25, -0.2) is 4.58 Å². The number of nitrogens with zero attached hydrogens (tertiary/aromatic N) is 1. The van der Waals surface area contributed by atoms with Gasteiger partial charge in [0.05, 0.1) is 0 Å². The maximum atomic E-state index is 4.17. The third-order valence-electron chi connectivity index (χ3n) is 3.23. The monoisotopic (exact) mass is 245 g/mol. The first-order chi connectivity index (χ1) is 8.49. The SMILES string of the molecule is C=C(NCCCC)c1c(C)ccc([N+](=C)C)c1C. The smallest absolute Gasteiger partial charge is 0.208 e. The van der Waals surface area contributed by atoms with Crippen LogP contribution in [0, 0.1) is 13.8 Å². The molecule has 0 atom stereocenters. The molecule has 0 aliphatic heterocycles. The van der Waals surface area contributed by atoms with E-state index in [0.29, 0.717) is 0 Å². The van der Waals surface area contributed by atoms with Crippen molar-refractivity contribution in [1.29, 1.82) is 0 Å². The summed E-state index contributed by atoms with van der Waals surface area (Å²) in [6.07, 6.45) is 2.37. The van der Waals surface area contributed by atoms with E-state index in [1.165, 1.54) is 29.5 Å². The Labute approximate surface area is 111 Å². The molecule has 0 saturated carbocycles. The Balaban J connectivity index is 3.03. The molecule has 0 aromatic heterocycles. The molecule has 2 heteroatoms. The molecule has 0 heterocycles. The summed E-state index contributed by atoms with van der Waals surface area (Å²) in [6.45, 7) is 15.6. The molecule has 1 N–H and O–H groups in total. The molecule has 1 rings (SSSR count). The van der Waals surface area contributed by atoms with Crippen LogP contribution in [0.4, 0.5) is 5.69 Å². The molecule has 0 unspecified atom stereocenters. The van der Waals surface area contributed by atoms with Crippen molar-refractivity contribution in [2.24, 2.45) is 0 Å². The van der Waals surface area contributed by atoms with E-state index >= 15 is 0 Å². The highest BCUT2D eigenvalue weighted by Gasteiger charge is 2.14. The third-order valence-corrected chi connectivity index (χ3v) is 3.23. The molecule has 98 valence electrons. The molecule has 0 fully saturated rings. The number of unbranched alkanes of at least 4 members (excludes halogenated alkanes) is 1. The molecule has 0 aliphatic carbocycles. The van der Waals surface area contributed by atoms with Crippen LogP contribution in [0.25, 0.3) is 5.70 Å². The highest BCUT2D eigenvalue weighted by molar-refractivity contribution is 5.71. The van der Waals surface area contributed by atoms with E-state index in [4.69, 9.17) is 0 Å². The van der Waals surface area contributed by atoms with Crippen LogP contribution >= 0.6 is 0 Å². The van der Waals surface area contributed by atoms with Crippen LogP contribution in [0.1, 0.15) is 36.5 Å². The van der Waals surface area contributed by atoms with Gasteiger partial charge in [0.2, 0.25) is 5.69 Å². The molecule has 0 spiro atoms.